The molecule has 0 radical (unpaired) electrons. The number of carbonyl (C=O) groups is 1. The Morgan fingerprint density at radius 3 is 3.00 bits per heavy atom. The van der Waals surface area contributed by atoms with Crippen molar-refractivity contribution in [3.63, 3.8) is 0 Å². The van der Waals surface area contributed by atoms with E-state index in [1.54, 1.807) is 12.6 Å². The lowest BCUT2D eigenvalue weighted by Gasteiger charge is -2.26. The van der Waals surface area contributed by atoms with E-state index < -0.39 is 0 Å². The van der Waals surface area contributed by atoms with E-state index in [0.29, 0.717) is 30.6 Å². The summed E-state index contributed by atoms with van der Waals surface area (Å²) in [7, 11) is 0. The zero-order valence-corrected chi connectivity index (χ0v) is 15.2. The molecule has 1 amide bonds. The third kappa shape index (κ3) is 4.43. The first kappa shape index (κ1) is 17.5. The number of rotatable bonds is 7. The molecule has 1 atom stereocenters. The Balaban J connectivity index is 1.23. The molecule has 9 heteroatoms. The van der Waals surface area contributed by atoms with E-state index >= 15 is 0 Å². The summed E-state index contributed by atoms with van der Waals surface area (Å²) in [6.07, 6.45) is 3.03. The van der Waals surface area contributed by atoms with Gasteiger partial charge < -0.3 is 23.8 Å². The third-order valence-electron chi connectivity index (χ3n) is 3.91. The number of aromatic nitrogens is 3. The highest BCUT2D eigenvalue weighted by Crippen LogP contribution is 2.30. The Hall–Kier alpha value is -2.94. The van der Waals surface area contributed by atoms with E-state index in [9.17, 15) is 4.79 Å². The second-order valence-electron chi connectivity index (χ2n) is 5.91. The molecule has 140 valence electrons. The second-order valence-corrected chi connectivity index (χ2v) is 6.85. The summed E-state index contributed by atoms with van der Waals surface area (Å²) in [5.41, 5.74) is 0. The fraction of sp³-hybridized carbons (Fsp3) is 0.278. The molecule has 4 rings (SSSR count). The van der Waals surface area contributed by atoms with Gasteiger partial charge in [0, 0.05) is 0 Å². The van der Waals surface area contributed by atoms with Crippen molar-refractivity contribution >= 4 is 17.7 Å². The number of hydrogen-bond donors (Lipinski definition) is 1. The van der Waals surface area contributed by atoms with E-state index in [-0.39, 0.29) is 17.8 Å². The zero-order valence-electron chi connectivity index (χ0n) is 14.4. The molecule has 1 unspecified atom stereocenters. The molecule has 3 heterocycles. The number of nitrogens with zero attached hydrogens (tertiary/aromatic N) is 3. The topological polar surface area (TPSA) is 91.4 Å². The van der Waals surface area contributed by atoms with Crippen molar-refractivity contribution in [2.75, 3.05) is 18.9 Å². The van der Waals surface area contributed by atoms with Gasteiger partial charge in [-0.2, -0.15) is 0 Å². The summed E-state index contributed by atoms with van der Waals surface area (Å²) in [6.45, 7) is 1.31. The van der Waals surface area contributed by atoms with Gasteiger partial charge in [-0.25, -0.2) is 0 Å². The molecule has 1 aliphatic rings. The Morgan fingerprint density at radius 1 is 1.26 bits per heavy atom. The van der Waals surface area contributed by atoms with Crippen molar-refractivity contribution < 1.29 is 18.7 Å². The fourth-order valence-electron chi connectivity index (χ4n) is 2.61. The fourth-order valence-corrected chi connectivity index (χ4v) is 3.35. The average Bonchev–Trinajstić information content (AvgIpc) is 3.37. The molecule has 0 saturated heterocycles. The van der Waals surface area contributed by atoms with E-state index in [0.717, 1.165) is 11.5 Å². The predicted octanol–water partition coefficient (Wildman–Crippen LogP) is 1.97. The minimum absolute atomic E-state index is 0.102. The first-order chi connectivity index (χ1) is 13.3. The average molecular weight is 386 g/mol. The minimum atomic E-state index is -0.212. The number of hydrogen-bond acceptors (Lipinski definition) is 7. The first-order valence-corrected chi connectivity index (χ1v) is 9.44. The van der Waals surface area contributed by atoms with Gasteiger partial charge in [0.25, 0.3) is 0 Å². The number of nitrogens with one attached hydrogen (secondary N) is 1. The Morgan fingerprint density at radius 2 is 2.15 bits per heavy atom. The molecule has 1 N–H and O–H groups in total. The molecule has 8 nitrogen and oxygen atoms in total. The van der Waals surface area contributed by atoms with Crippen molar-refractivity contribution in [2.24, 2.45) is 0 Å². The van der Waals surface area contributed by atoms with Crippen molar-refractivity contribution in [2.45, 2.75) is 17.8 Å². The lowest BCUT2D eigenvalue weighted by molar-refractivity contribution is -0.119. The van der Waals surface area contributed by atoms with Crippen molar-refractivity contribution in [3.8, 4) is 11.5 Å². The number of thioether (sulfide) groups is 1. The summed E-state index contributed by atoms with van der Waals surface area (Å²) in [5.74, 6) is 2.36. The highest BCUT2D eigenvalue weighted by molar-refractivity contribution is 7.99. The van der Waals surface area contributed by atoms with Gasteiger partial charge in [-0.3, -0.25) is 4.79 Å². The maximum Gasteiger partial charge on any atom is 0.230 e. The molecule has 0 saturated carbocycles. The Labute approximate surface area is 159 Å². The van der Waals surface area contributed by atoms with Crippen LogP contribution >= 0.6 is 11.8 Å². The smallest absolute Gasteiger partial charge is 0.230 e. The summed E-state index contributed by atoms with van der Waals surface area (Å²) >= 11 is 1.32. The lowest BCUT2D eigenvalue weighted by atomic mass is 10.2. The molecule has 0 spiro atoms. The highest BCUT2D eigenvalue weighted by Gasteiger charge is 2.21. The van der Waals surface area contributed by atoms with Crippen LogP contribution in [0.15, 0.2) is 58.6 Å². The van der Waals surface area contributed by atoms with Crippen LogP contribution in [0.5, 0.6) is 11.5 Å². The molecule has 2 aromatic heterocycles. The number of fused-ring (bicyclic) bond motifs is 1. The quantitative estimate of drug-likeness (QED) is 0.621. The summed E-state index contributed by atoms with van der Waals surface area (Å²) in [4.78, 5) is 12.2. The van der Waals surface area contributed by atoms with Crippen LogP contribution in [0.3, 0.4) is 0 Å². The normalized spacial score (nSPS) is 15.5. The Kier molecular flexibility index (Phi) is 5.29. The Bertz CT molecular complexity index is 896. The third-order valence-corrected chi connectivity index (χ3v) is 4.89. The van der Waals surface area contributed by atoms with Gasteiger partial charge in [0.1, 0.15) is 24.8 Å². The first-order valence-electron chi connectivity index (χ1n) is 8.46. The van der Waals surface area contributed by atoms with E-state index in [2.05, 4.69) is 15.5 Å². The largest absolute Gasteiger partial charge is 0.486 e. The van der Waals surface area contributed by atoms with Gasteiger partial charge in [-0.1, -0.05) is 23.9 Å². The molecular weight excluding hydrogens is 368 g/mol. The number of benzene rings is 1. The summed E-state index contributed by atoms with van der Waals surface area (Å²) < 4.78 is 18.6. The maximum atomic E-state index is 12.2. The van der Waals surface area contributed by atoms with Gasteiger partial charge in [0.2, 0.25) is 5.91 Å². The van der Waals surface area contributed by atoms with Gasteiger partial charge >= 0.3 is 0 Å². The predicted molar refractivity (Wildman–Crippen MR) is 97.9 cm³/mol. The SMILES string of the molecule is O=C(CSc1nncn1Cc1ccco1)NCC1COc2ccccc2O1. The number of furan rings is 1. The number of carbonyl (C=O) groups excluding carboxylic acids is 1. The minimum Gasteiger partial charge on any atom is -0.486 e. The zero-order chi connectivity index (χ0) is 18.5. The van der Waals surface area contributed by atoms with Crippen LogP contribution in [0, 0.1) is 0 Å². The second kappa shape index (κ2) is 8.17. The van der Waals surface area contributed by atoms with Gasteiger partial charge in [0.05, 0.1) is 25.1 Å². The number of amides is 1. The standard InChI is InChI=1S/C18H18N4O4S/c23-17(19-8-14-10-25-15-5-1-2-6-16(15)26-14)11-27-18-21-20-12-22(18)9-13-4-3-7-24-13/h1-7,12,14H,8-11H2,(H,19,23). The van der Waals surface area contributed by atoms with Crippen LogP contribution in [0.1, 0.15) is 5.76 Å². The van der Waals surface area contributed by atoms with E-state index in [1.165, 1.54) is 11.8 Å². The molecule has 27 heavy (non-hydrogen) atoms. The van der Waals surface area contributed by atoms with Crippen LogP contribution in [0.4, 0.5) is 0 Å². The molecule has 1 aromatic carbocycles. The van der Waals surface area contributed by atoms with E-state index in [1.807, 2.05) is 41.0 Å². The molecule has 0 aliphatic carbocycles. The lowest BCUT2D eigenvalue weighted by Crippen LogP contribution is -2.41. The summed E-state index contributed by atoms with van der Waals surface area (Å²) in [5, 5.41) is 11.5. The number of ether oxygens (including phenoxy) is 2. The van der Waals surface area contributed by atoms with Crippen LogP contribution < -0.4 is 14.8 Å². The van der Waals surface area contributed by atoms with Crippen LogP contribution in [0.25, 0.3) is 0 Å². The van der Waals surface area contributed by atoms with Crippen molar-refractivity contribution in [3.05, 3.63) is 54.7 Å². The molecule has 3 aromatic rings. The van der Waals surface area contributed by atoms with Crippen molar-refractivity contribution in [1.29, 1.82) is 0 Å². The maximum absolute atomic E-state index is 12.2. The highest BCUT2D eigenvalue weighted by atomic mass is 32.2. The van der Waals surface area contributed by atoms with Gasteiger partial charge in [0.15, 0.2) is 16.7 Å². The van der Waals surface area contributed by atoms with Crippen molar-refractivity contribution in [1.82, 2.24) is 20.1 Å². The molecule has 0 bridgehead atoms. The summed E-state index contributed by atoms with van der Waals surface area (Å²) in [6, 6.07) is 11.2. The van der Waals surface area contributed by atoms with Crippen LogP contribution in [-0.4, -0.2) is 45.7 Å². The van der Waals surface area contributed by atoms with Crippen LogP contribution in [0.2, 0.25) is 0 Å². The van der Waals surface area contributed by atoms with E-state index in [4.69, 9.17) is 13.9 Å². The number of para-hydroxylation sites is 2. The molecule has 0 fully saturated rings. The molecular formula is C18H18N4O4S. The van der Waals surface area contributed by atoms with Crippen LogP contribution in [-0.2, 0) is 11.3 Å². The molecule has 1 aliphatic heterocycles. The monoisotopic (exact) mass is 386 g/mol. The van der Waals surface area contributed by atoms with Gasteiger partial charge in [-0.15, -0.1) is 10.2 Å². The van der Waals surface area contributed by atoms with Gasteiger partial charge in [-0.05, 0) is 24.3 Å².